The number of aromatic nitrogens is 3. The third-order valence-electron chi connectivity index (χ3n) is 3.39. The molecule has 6 nitrogen and oxygen atoms in total. The Bertz CT molecular complexity index is 649. The van der Waals surface area contributed by atoms with Crippen molar-refractivity contribution in [3.05, 3.63) is 28.7 Å². The molecule has 7 heteroatoms. The molecule has 19 heavy (non-hydrogen) atoms. The molecule has 2 heterocycles. The second-order valence-corrected chi connectivity index (χ2v) is 5.05. The number of pyridine rings is 1. The van der Waals surface area contributed by atoms with Gasteiger partial charge in [-0.05, 0) is 18.9 Å². The first-order valence-electron chi connectivity index (χ1n) is 5.90. The molecule has 0 aliphatic heterocycles. The van der Waals surface area contributed by atoms with Crippen LogP contribution in [0.25, 0.3) is 5.65 Å². The summed E-state index contributed by atoms with van der Waals surface area (Å²) in [6, 6.07) is 1.51. The van der Waals surface area contributed by atoms with Gasteiger partial charge in [0.05, 0.1) is 23.8 Å². The van der Waals surface area contributed by atoms with Crippen LogP contribution in [0.5, 0.6) is 0 Å². The fraction of sp³-hybridized carbons (Fsp3) is 0.417. The molecular weight excluding hydrogens is 270 g/mol. The van der Waals surface area contributed by atoms with Crippen LogP contribution in [0.15, 0.2) is 12.3 Å². The highest BCUT2D eigenvalue weighted by Gasteiger charge is 2.32. The Morgan fingerprint density at radius 2 is 2.26 bits per heavy atom. The van der Waals surface area contributed by atoms with Gasteiger partial charge in [0.25, 0.3) is 0 Å². The van der Waals surface area contributed by atoms with Crippen LogP contribution in [0.1, 0.15) is 34.9 Å². The Morgan fingerprint density at radius 1 is 1.53 bits per heavy atom. The van der Waals surface area contributed by atoms with Crippen LogP contribution in [0.2, 0.25) is 5.02 Å². The van der Waals surface area contributed by atoms with Crippen LogP contribution >= 0.6 is 11.6 Å². The van der Waals surface area contributed by atoms with Crippen molar-refractivity contribution >= 4 is 23.2 Å². The Kier molecular flexibility index (Phi) is 2.91. The molecule has 0 aromatic carbocycles. The van der Waals surface area contributed by atoms with Gasteiger partial charge >= 0.3 is 5.97 Å². The van der Waals surface area contributed by atoms with Crippen molar-refractivity contribution < 1.29 is 14.6 Å². The molecule has 0 bridgehead atoms. The predicted octanol–water partition coefficient (Wildman–Crippen LogP) is 1.41. The molecular formula is C12H12ClN3O3. The average molecular weight is 282 g/mol. The lowest BCUT2D eigenvalue weighted by Crippen LogP contribution is -2.28. The van der Waals surface area contributed by atoms with E-state index in [1.807, 2.05) is 0 Å². The van der Waals surface area contributed by atoms with E-state index in [1.54, 1.807) is 10.6 Å². The SMILES string of the molecule is COC(=O)c1cc(Cl)c2nnc(C3CC(O)C3)n2c1. The van der Waals surface area contributed by atoms with Gasteiger partial charge in [-0.15, -0.1) is 10.2 Å². The number of ether oxygens (including phenoxy) is 1. The molecule has 2 aromatic heterocycles. The number of rotatable bonds is 2. The van der Waals surface area contributed by atoms with E-state index >= 15 is 0 Å². The molecule has 1 saturated carbocycles. The zero-order valence-electron chi connectivity index (χ0n) is 10.2. The Labute approximate surface area is 114 Å². The van der Waals surface area contributed by atoms with Crippen LogP contribution in [-0.2, 0) is 4.74 Å². The fourth-order valence-electron chi connectivity index (χ4n) is 2.28. The van der Waals surface area contributed by atoms with Gasteiger partial charge in [0, 0.05) is 12.1 Å². The molecule has 2 aromatic rings. The monoisotopic (exact) mass is 281 g/mol. The Balaban J connectivity index is 2.10. The number of aliphatic hydroxyl groups is 1. The second kappa shape index (κ2) is 4.47. The highest BCUT2D eigenvalue weighted by atomic mass is 35.5. The number of aliphatic hydroxyl groups excluding tert-OH is 1. The standard InChI is InChI=1S/C12H12ClN3O3/c1-19-12(18)7-4-9(13)11-15-14-10(16(11)5-7)6-2-8(17)3-6/h4-6,8,17H,2-3H2,1H3. The van der Waals surface area contributed by atoms with Gasteiger partial charge in [0.2, 0.25) is 0 Å². The van der Waals surface area contributed by atoms with Gasteiger partial charge in [-0.2, -0.15) is 0 Å². The summed E-state index contributed by atoms with van der Waals surface area (Å²) in [6.45, 7) is 0. The molecule has 1 aliphatic carbocycles. The van der Waals surface area contributed by atoms with E-state index in [-0.39, 0.29) is 12.0 Å². The van der Waals surface area contributed by atoms with E-state index < -0.39 is 5.97 Å². The number of methoxy groups -OCH3 is 1. The van der Waals surface area contributed by atoms with Crippen LogP contribution in [-0.4, -0.2) is 38.9 Å². The number of carbonyl (C=O) groups excluding carboxylic acids is 1. The van der Waals surface area contributed by atoms with Gasteiger partial charge in [-0.1, -0.05) is 11.6 Å². The number of fused-ring (bicyclic) bond motifs is 1. The van der Waals surface area contributed by atoms with Crippen molar-refractivity contribution in [2.24, 2.45) is 0 Å². The minimum absolute atomic E-state index is 0.147. The third-order valence-corrected chi connectivity index (χ3v) is 3.66. The molecule has 0 radical (unpaired) electrons. The first kappa shape index (κ1) is 12.4. The molecule has 0 atom stereocenters. The summed E-state index contributed by atoms with van der Waals surface area (Å²) in [5, 5.41) is 17.8. The van der Waals surface area contributed by atoms with Gasteiger partial charge < -0.3 is 9.84 Å². The summed E-state index contributed by atoms with van der Waals surface area (Å²) in [7, 11) is 1.32. The summed E-state index contributed by atoms with van der Waals surface area (Å²) in [5.74, 6) is 0.402. The number of hydrogen-bond donors (Lipinski definition) is 1. The van der Waals surface area contributed by atoms with Crippen molar-refractivity contribution in [1.82, 2.24) is 14.6 Å². The van der Waals surface area contributed by atoms with Crippen LogP contribution in [0, 0.1) is 0 Å². The van der Waals surface area contributed by atoms with Crippen molar-refractivity contribution in [1.29, 1.82) is 0 Å². The molecule has 0 saturated heterocycles. The molecule has 3 rings (SSSR count). The minimum Gasteiger partial charge on any atom is -0.465 e. The normalized spacial score (nSPS) is 22.3. The van der Waals surface area contributed by atoms with E-state index in [2.05, 4.69) is 14.9 Å². The minimum atomic E-state index is -0.461. The second-order valence-electron chi connectivity index (χ2n) is 4.64. The summed E-state index contributed by atoms with van der Waals surface area (Å²) in [6.07, 6.45) is 2.64. The first-order valence-corrected chi connectivity index (χ1v) is 6.28. The van der Waals surface area contributed by atoms with Crippen LogP contribution < -0.4 is 0 Å². The number of hydrogen-bond acceptors (Lipinski definition) is 5. The largest absolute Gasteiger partial charge is 0.465 e. The van der Waals surface area contributed by atoms with Crippen molar-refractivity contribution in [3.63, 3.8) is 0 Å². The molecule has 0 spiro atoms. The van der Waals surface area contributed by atoms with Crippen molar-refractivity contribution in [2.45, 2.75) is 24.9 Å². The first-order chi connectivity index (χ1) is 9.10. The molecule has 1 N–H and O–H groups in total. The summed E-state index contributed by atoms with van der Waals surface area (Å²) in [4.78, 5) is 11.6. The Morgan fingerprint density at radius 3 is 2.89 bits per heavy atom. The van der Waals surface area contributed by atoms with Gasteiger partial charge in [0.1, 0.15) is 5.82 Å². The van der Waals surface area contributed by atoms with Crippen LogP contribution in [0.3, 0.4) is 0 Å². The van der Waals surface area contributed by atoms with Crippen molar-refractivity contribution in [3.8, 4) is 0 Å². The lowest BCUT2D eigenvalue weighted by atomic mass is 9.82. The molecule has 1 aliphatic rings. The lowest BCUT2D eigenvalue weighted by molar-refractivity contribution is 0.0599. The van der Waals surface area contributed by atoms with Crippen LogP contribution in [0.4, 0.5) is 0 Å². The van der Waals surface area contributed by atoms with E-state index in [0.717, 1.165) is 0 Å². The highest BCUT2D eigenvalue weighted by molar-refractivity contribution is 6.33. The molecule has 100 valence electrons. The summed E-state index contributed by atoms with van der Waals surface area (Å²) in [5.41, 5.74) is 0.853. The van der Waals surface area contributed by atoms with Crippen molar-refractivity contribution in [2.75, 3.05) is 7.11 Å². The predicted molar refractivity (Wildman–Crippen MR) is 67.3 cm³/mol. The topological polar surface area (TPSA) is 76.7 Å². The number of nitrogens with zero attached hydrogens (tertiary/aromatic N) is 3. The number of esters is 1. The summed E-state index contributed by atoms with van der Waals surface area (Å²) < 4.78 is 6.38. The highest BCUT2D eigenvalue weighted by Crippen LogP contribution is 2.36. The zero-order chi connectivity index (χ0) is 13.6. The Hall–Kier alpha value is -1.66. The molecule has 0 amide bonds. The van der Waals surface area contributed by atoms with Gasteiger partial charge in [-0.25, -0.2) is 4.79 Å². The zero-order valence-corrected chi connectivity index (χ0v) is 11.0. The molecule has 1 fully saturated rings. The fourth-order valence-corrected chi connectivity index (χ4v) is 2.52. The maximum atomic E-state index is 11.6. The number of halogens is 1. The maximum absolute atomic E-state index is 11.6. The molecule has 0 unspecified atom stereocenters. The van der Waals surface area contributed by atoms with E-state index in [0.29, 0.717) is 34.9 Å². The van der Waals surface area contributed by atoms with E-state index in [9.17, 15) is 9.90 Å². The van der Waals surface area contributed by atoms with E-state index in [4.69, 9.17) is 11.6 Å². The average Bonchev–Trinajstić information content (AvgIpc) is 2.78. The maximum Gasteiger partial charge on any atom is 0.339 e. The lowest BCUT2D eigenvalue weighted by Gasteiger charge is -2.29. The van der Waals surface area contributed by atoms with E-state index in [1.165, 1.54) is 13.2 Å². The summed E-state index contributed by atoms with van der Waals surface area (Å²) >= 11 is 6.09. The quantitative estimate of drug-likeness (QED) is 0.842. The van der Waals surface area contributed by atoms with Gasteiger partial charge in [0.15, 0.2) is 5.65 Å². The smallest absolute Gasteiger partial charge is 0.339 e. The third kappa shape index (κ3) is 1.97. The number of carbonyl (C=O) groups is 1. The van der Waals surface area contributed by atoms with Gasteiger partial charge in [-0.3, -0.25) is 4.40 Å².